The number of rotatable bonds is 6. The van der Waals surface area contributed by atoms with Crippen molar-refractivity contribution in [2.45, 2.75) is 19.9 Å². The molecule has 0 aliphatic carbocycles. The fourth-order valence-electron chi connectivity index (χ4n) is 2.58. The Morgan fingerprint density at radius 1 is 1.14 bits per heavy atom. The normalized spacial score (nSPS) is 15.3. The molecule has 2 rings (SSSR count). The number of non-ortho nitro benzene ring substituents is 1. The summed E-state index contributed by atoms with van der Waals surface area (Å²) in [6.45, 7) is 4.71. The van der Waals surface area contributed by atoms with Crippen molar-refractivity contribution in [3.63, 3.8) is 0 Å². The number of carbonyl (C=O) groups is 2. The minimum Gasteiger partial charge on any atom is -0.473 e. The van der Waals surface area contributed by atoms with E-state index >= 15 is 0 Å². The summed E-state index contributed by atoms with van der Waals surface area (Å²) in [5.41, 5.74) is 0.959. The molecule has 1 aromatic rings. The van der Waals surface area contributed by atoms with Crippen LogP contribution in [-0.2, 0) is 26.2 Å². The first-order chi connectivity index (χ1) is 13.1. The summed E-state index contributed by atoms with van der Waals surface area (Å²) in [7, 11) is -3.13. The predicted octanol–water partition coefficient (Wildman–Crippen LogP) is 0.608. The first-order valence-corrected chi connectivity index (χ1v) is 10.1. The number of nitro groups is 1. The smallest absolute Gasteiger partial charge is 0.414 e. The maximum Gasteiger partial charge on any atom is 0.414 e. The average Bonchev–Trinajstić information content (AvgIpc) is 2.63. The minimum atomic E-state index is -3.13. The lowest BCUT2D eigenvalue weighted by Crippen LogP contribution is -2.48. The highest BCUT2D eigenvalue weighted by molar-refractivity contribution is 7.89. The quantitative estimate of drug-likeness (QED) is 0.384. The molecule has 1 aliphatic heterocycles. The van der Waals surface area contributed by atoms with Crippen LogP contribution in [0, 0.1) is 10.1 Å². The molecule has 11 nitrogen and oxygen atoms in total. The van der Waals surface area contributed by atoms with E-state index in [-0.39, 0.29) is 11.4 Å². The maximum atomic E-state index is 12.0. The van der Waals surface area contributed by atoms with Crippen molar-refractivity contribution in [1.82, 2.24) is 9.21 Å². The number of sulfonamides is 1. The van der Waals surface area contributed by atoms with Crippen LogP contribution in [0.4, 0.5) is 5.69 Å². The zero-order valence-corrected chi connectivity index (χ0v) is 16.2. The van der Waals surface area contributed by atoms with Crippen LogP contribution in [-0.4, -0.2) is 76.6 Å². The van der Waals surface area contributed by atoms with Gasteiger partial charge in [0.1, 0.15) is 0 Å². The van der Waals surface area contributed by atoms with Gasteiger partial charge in [0.05, 0.1) is 10.7 Å². The van der Waals surface area contributed by atoms with Gasteiger partial charge in [0.2, 0.25) is 10.0 Å². The fourth-order valence-corrected chi connectivity index (χ4v) is 4.07. The zero-order chi connectivity index (χ0) is 21.3. The molecule has 156 valence electrons. The van der Waals surface area contributed by atoms with Gasteiger partial charge in [-0.15, -0.1) is 0 Å². The van der Waals surface area contributed by atoms with Gasteiger partial charge >= 0.3 is 11.9 Å². The van der Waals surface area contributed by atoms with Crippen LogP contribution in [0.2, 0.25) is 0 Å². The van der Waals surface area contributed by atoms with Gasteiger partial charge in [-0.1, -0.05) is 19.1 Å². The summed E-state index contributed by atoms with van der Waals surface area (Å²) in [6, 6.07) is 6.57. The number of carboxylic acid groups (broad SMARTS) is 2. The lowest BCUT2D eigenvalue weighted by molar-refractivity contribution is -0.384. The Bertz CT molecular complexity index is 792. The maximum absolute atomic E-state index is 12.0. The zero-order valence-electron chi connectivity index (χ0n) is 15.4. The Morgan fingerprint density at radius 3 is 2.18 bits per heavy atom. The fraction of sp³-hybridized carbons (Fsp3) is 0.500. The van der Waals surface area contributed by atoms with E-state index in [0.717, 1.165) is 5.56 Å². The SMILES string of the molecule is CCCS(=O)(=O)N1CCN(Cc2cccc([N+](=O)[O-])c2)CC1.O=C(O)C(=O)O. The molecule has 0 unspecified atom stereocenters. The summed E-state index contributed by atoms with van der Waals surface area (Å²) in [5, 5.41) is 25.6. The largest absolute Gasteiger partial charge is 0.473 e. The summed E-state index contributed by atoms with van der Waals surface area (Å²) < 4.78 is 25.5. The molecule has 0 radical (unpaired) electrons. The molecule has 1 fully saturated rings. The Balaban J connectivity index is 0.000000568. The lowest BCUT2D eigenvalue weighted by Gasteiger charge is -2.33. The number of benzene rings is 1. The topological polar surface area (TPSA) is 158 Å². The molecule has 28 heavy (non-hydrogen) atoms. The van der Waals surface area contributed by atoms with Crippen molar-refractivity contribution in [3.05, 3.63) is 39.9 Å². The highest BCUT2D eigenvalue weighted by Gasteiger charge is 2.26. The van der Waals surface area contributed by atoms with Crippen molar-refractivity contribution < 1.29 is 33.1 Å². The Labute approximate surface area is 162 Å². The van der Waals surface area contributed by atoms with E-state index < -0.39 is 26.9 Å². The van der Waals surface area contributed by atoms with E-state index in [1.54, 1.807) is 16.4 Å². The highest BCUT2D eigenvalue weighted by Crippen LogP contribution is 2.16. The van der Waals surface area contributed by atoms with Crippen LogP contribution in [0.25, 0.3) is 0 Å². The number of aliphatic carboxylic acids is 2. The molecule has 1 aliphatic rings. The molecule has 1 heterocycles. The van der Waals surface area contributed by atoms with Gasteiger partial charge in [-0.25, -0.2) is 18.0 Å². The third kappa shape index (κ3) is 7.58. The van der Waals surface area contributed by atoms with Gasteiger partial charge in [0.25, 0.3) is 5.69 Å². The molecule has 0 atom stereocenters. The number of nitro benzene ring substituents is 1. The van der Waals surface area contributed by atoms with E-state index in [9.17, 15) is 18.5 Å². The van der Waals surface area contributed by atoms with Crippen LogP contribution in [0.15, 0.2) is 24.3 Å². The van der Waals surface area contributed by atoms with Crippen LogP contribution < -0.4 is 0 Å². The standard InChI is InChI=1S/C14H21N3O4S.C2H2O4/c1-2-10-22(20,21)16-8-6-15(7-9-16)12-13-4-3-5-14(11-13)17(18)19;3-1(4)2(5)6/h3-5,11H,2,6-10,12H2,1H3;(H,3,4)(H,5,6). The van der Waals surface area contributed by atoms with Gasteiger partial charge in [0, 0.05) is 44.9 Å². The molecule has 2 N–H and O–H groups in total. The second-order valence-corrected chi connectivity index (χ2v) is 8.12. The Kier molecular flexibility index (Phi) is 8.96. The Morgan fingerprint density at radius 2 is 1.71 bits per heavy atom. The van der Waals surface area contributed by atoms with Crippen molar-refractivity contribution in [2.75, 3.05) is 31.9 Å². The highest BCUT2D eigenvalue weighted by atomic mass is 32.2. The second-order valence-electron chi connectivity index (χ2n) is 6.03. The summed E-state index contributed by atoms with van der Waals surface area (Å²) >= 11 is 0. The third-order valence-electron chi connectivity index (χ3n) is 3.90. The van der Waals surface area contributed by atoms with E-state index in [0.29, 0.717) is 39.1 Å². The molecule has 1 aromatic carbocycles. The van der Waals surface area contributed by atoms with E-state index in [1.165, 1.54) is 6.07 Å². The third-order valence-corrected chi connectivity index (χ3v) is 5.97. The molecular weight excluding hydrogens is 394 g/mol. The molecule has 0 saturated carbocycles. The number of hydrogen-bond acceptors (Lipinski definition) is 7. The van der Waals surface area contributed by atoms with Crippen molar-refractivity contribution in [3.8, 4) is 0 Å². The minimum absolute atomic E-state index is 0.0849. The first kappa shape index (κ1) is 23.5. The summed E-state index contributed by atoms with van der Waals surface area (Å²) in [6.07, 6.45) is 0.621. The first-order valence-electron chi connectivity index (χ1n) is 8.46. The molecule has 12 heteroatoms. The van der Waals surface area contributed by atoms with Crippen molar-refractivity contribution >= 4 is 27.6 Å². The van der Waals surface area contributed by atoms with E-state index in [1.807, 2.05) is 13.0 Å². The van der Waals surface area contributed by atoms with Gasteiger partial charge < -0.3 is 10.2 Å². The summed E-state index contributed by atoms with van der Waals surface area (Å²) in [5.74, 6) is -3.46. The molecular formula is C16H23N3O8S. The van der Waals surface area contributed by atoms with Crippen LogP contribution in [0.1, 0.15) is 18.9 Å². The number of nitrogens with zero attached hydrogens (tertiary/aromatic N) is 3. The van der Waals surface area contributed by atoms with Crippen molar-refractivity contribution in [1.29, 1.82) is 0 Å². The van der Waals surface area contributed by atoms with Crippen molar-refractivity contribution in [2.24, 2.45) is 0 Å². The van der Waals surface area contributed by atoms with E-state index in [4.69, 9.17) is 19.8 Å². The monoisotopic (exact) mass is 417 g/mol. The van der Waals surface area contributed by atoms with Crippen LogP contribution in [0.5, 0.6) is 0 Å². The van der Waals surface area contributed by atoms with Gasteiger partial charge in [-0.05, 0) is 12.0 Å². The van der Waals surface area contributed by atoms with Crippen LogP contribution in [0.3, 0.4) is 0 Å². The van der Waals surface area contributed by atoms with Gasteiger partial charge in [-0.2, -0.15) is 4.31 Å². The van der Waals surface area contributed by atoms with E-state index in [2.05, 4.69) is 4.90 Å². The lowest BCUT2D eigenvalue weighted by atomic mass is 10.2. The number of piperazine rings is 1. The van der Waals surface area contributed by atoms with Crippen LogP contribution >= 0.6 is 0 Å². The molecule has 0 amide bonds. The van der Waals surface area contributed by atoms with Gasteiger partial charge in [0.15, 0.2) is 0 Å². The number of carboxylic acids is 2. The Hall–Kier alpha value is -2.57. The molecule has 0 aromatic heterocycles. The molecule has 0 bridgehead atoms. The average molecular weight is 417 g/mol. The number of hydrogen-bond donors (Lipinski definition) is 2. The summed E-state index contributed by atoms with van der Waals surface area (Å²) in [4.78, 5) is 30.7. The predicted molar refractivity (Wildman–Crippen MR) is 99.3 cm³/mol. The van der Waals surface area contributed by atoms with Gasteiger partial charge in [-0.3, -0.25) is 15.0 Å². The molecule has 0 spiro atoms. The molecule has 1 saturated heterocycles. The second kappa shape index (κ2) is 10.7.